The second-order valence-corrected chi connectivity index (χ2v) is 6.44. The number of carbonyl (C=O) groups is 1. The van der Waals surface area contributed by atoms with Gasteiger partial charge >= 0.3 is 0 Å². The van der Waals surface area contributed by atoms with Crippen LogP contribution in [-0.2, 0) is 11.2 Å². The number of nitrogens with zero attached hydrogens (tertiary/aromatic N) is 1. The van der Waals surface area contributed by atoms with Gasteiger partial charge in [0.25, 0.3) is 0 Å². The highest BCUT2D eigenvalue weighted by Gasteiger charge is 2.18. The van der Waals surface area contributed by atoms with Gasteiger partial charge in [0.15, 0.2) is 11.5 Å². The number of methoxy groups -OCH3 is 3. The van der Waals surface area contributed by atoms with E-state index in [1.165, 1.54) is 0 Å². The van der Waals surface area contributed by atoms with Crippen molar-refractivity contribution in [2.75, 3.05) is 33.3 Å². The largest absolute Gasteiger partial charge is 0.493 e. The molecule has 0 N–H and O–H groups in total. The zero-order valence-electron chi connectivity index (χ0n) is 16.7. The molecule has 5 heteroatoms. The molecule has 0 unspecified atom stereocenters. The van der Waals surface area contributed by atoms with Gasteiger partial charge in [-0.3, -0.25) is 4.79 Å². The number of hydrogen-bond donors (Lipinski definition) is 0. The lowest BCUT2D eigenvalue weighted by Crippen LogP contribution is -2.26. The third-order valence-electron chi connectivity index (χ3n) is 4.90. The van der Waals surface area contributed by atoms with Gasteiger partial charge in [0.05, 0.1) is 27.0 Å². The third-order valence-corrected chi connectivity index (χ3v) is 4.90. The van der Waals surface area contributed by atoms with Crippen LogP contribution in [0.5, 0.6) is 17.2 Å². The lowest BCUT2D eigenvalue weighted by atomic mass is 10.1. The molecule has 0 atom stereocenters. The fourth-order valence-corrected chi connectivity index (χ4v) is 3.40. The van der Waals surface area contributed by atoms with Crippen molar-refractivity contribution in [3.05, 3.63) is 60.2 Å². The summed E-state index contributed by atoms with van der Waals surface area (Å²) in [5.74, 6) is 1.77. The molecule has 3 aromatic carbocycles. The zero-order chi connectivity index (χ0) is 20.1. The quantitative estimate of drug-likeness (QED) is 0.608. The molecule has 0 radical (unpaired) electrons. The van der Waals surface area contributed by atoms with Crippen LogP contribution in [0.3, 0.4) is 0 Å². The highest BCUT2D eigenvalue weighted by Crippen LogP contribution is 2.40. The topological polar surface area (TPSA) is 48.0 Å². The highest BCUT2D eigenvalue weighted by molar-refractivity contribution is 6.03. The number of anilines is 1. The van der Waals surface area contributed by atoms with E-state index in [-0.39, 0.29) is 5.91 Å². The fourth-order valence-electron chi connectivity index (χ4n) is 3.40. The monoisotopic (exact) mass is 379 g/mol. The summed E-state index contributed by atoms with van der Waals surface area (Å²) in [6.07, 6.45) is 0.892. The molecule has 0 aromatic heterocycles. The van der Waals surface area contributed by atoms with E-state index >= 15 is 0 Å². The van der Waals surface area contributed by atoms with Crippen molar-refractivity contribution in [3.63, 3.8) is 0 Å². The second-order valence-electron chi connectivity index (χ2n) is 6.44. The fraction of sp³-hybridized carbons (Fsp3) is 0.261. The van der Waals surface area contributed by atoms with Crippen LogP contribution < -0.4 is 19.1 Å². The Balaban J connectivity index is 1.80. The molecule has 0 saturated heterocycles. The maximum absolute atomic E-state index is 12.9. The summed E-state index contributed by atoms with van der Waals surface area (Å²) in [6.45, 7) is 0. The van der Waals surface area contributed by atoms with Gasteiger partial charge in [-0.1, -0.05) is 42.5 Å². The number of rotatable bonds is 7. The zero-order valence-corrected chi connectivity index (χ0v) is 16.7. The van der Waals surface area contributed by atoms with Gasteiger partial charge in [0.1, 0.15) is 0 Å². The van der Waals surface area contributed by atoms with E-state index in [0.29, 0.717) is 30.1 Å². The predicted octanol–water partition coefficient (Wildman–Crippen LogP) is 4.46. The Morgan fingerprint density at radius 1 is 0.857 bits per heavy atom. The molecule has 0 aliphatic rings. The molecular formula is C23H25NO4. The van der Waals surface area contributed by atoms with E-state index in [1.807, 2.05) is 61.6 Å². The summed E-state index contributed by atoms with van der Waals surface area (Å²) < 4.78 is 16.3. The van der Waals surface area contributed by atoms with Crippen LogP contribution in [0.2, 0.25) is 0 Å². The minimum absolute atomic E-state index is 0.0354. The maximum atomic E-state index is 12.9. The van der Waals surface area contributed by atoms with E-state index in [0.717, 1.165) is 22.0 Å². The molecule has 0 saturated carbocycles. The molecule has 3 rings (SSSR count). The third kappa shape index (κ3) is 3.74. The molecule has 0 heterocycles. The van der Waals surface area contributed by atoms with Gasteiger partial charge in [-0.25, -0.2) is 0 Å². The van der Waals surface area contributed by atoms with Crippen molar-refractivity contribution in [1.82, 2.24) is 0 Å². The highest BCUT2D eigenvalue weighted by atomic mass is 16.5. The van der Waals surface area contributed by atoms with Crippen LogP contribution in [0.25, 0.3) is 10.8 Å². The number of carbonyl (C=O) groups excluding carboxylic acids is 1. The van der Waals surface area contributed by atoms with Crippen LogP contribution in [0.1, 0.15) is 12.0 Å². The standard InChI is InChI=1S/C23H25NO4/c1-24(19-11-7-9-16-8-5-6-10-18(16)19)21(25)15-13-17-12-14-20(26-2)23(28-4)22(17)27-3/h5-12,14H,13,15H2,1-4H3. The number of benzene rings is 3. The first-order chi connectivity index (χ1) is 13.6. The van der Waals surface area contributed by atoms with Crippen molar-refractivity contribution < 1.29 is 19.0 Å². The minimum atomic E-state index is 0.0354. The van der Waals surface area contributed by atoms with Crippen molar-refractivity contribution in [3.8, 4) is 17.2 Å². The number of fused-ring (bicyclic) bond motifs is 1. The first kappa shape index (κ1) is 19.5. The van der Waals surface area contributed by atoms with Crippen molar-refractivity contribution >= 4 is 22.4 Å². The Kier molecular flexibility index (Phi) is 6.04. The molecule has 0 fully saturated rings. The van der Waals surface area contributed by atoms with Crippen molar-refractivity contribution in [2.24, 2.45) is 0 Å². The molecule has 3 aromatic rings. The van der Waals surface area contributed by atoms with Crippen LogP contribution in [0.15, 0.2) is 54.6 Å². The van der Waals surface area contributed by atoms with Gasteiger partial charge in [0.2, 0.25) is 11.7 Å². The smallest absolute Gasteiger partial charge is 0.227 e. The summed E-state index contributed by atoms with van der Waals surface area (Å²) in [6, 6.07) is 17.8. The average Bonchev–Trinajstić information content (AvgIpc) is 2.75. The summed E-state index contributed by atoms with van der Waals surface area (Å²) in [4.78, 5) is 14.6. The van der Waals surface area contributed by atoms with Gasteiger partial charge in [-0.2, -0.15) is 0 Å². The van der Waals surface area contributed by atoms with E-state index in [9.17, 15) is 4.79 Å². The molecule has 146 valence electrons. The van der Waals surface area contributed by atoms with Crippen molar-refractivity contribution in [2.45, 2.75) is 12.8 Å². The Morgan fingerprint density at radius 2 is 1.57 bits per heavy atom. The van der Waals surface area contributed by atoms with E-state index < -0.39 is 0 Å². The van der Waals surface area contributed by atoms with Crippen molar-refractivity contribution in [1.29, 1.82) is 0 Å². The lowest BCUT2D eigenvalue weighted by molar-refractivity contribution is -0.118. The molecule has 0 aliphatic carbocycles. The van der Waals surface area contributed by atoms with E-state index in [1.54, 1.807) is 26.2 Å². The molecule has 28 heavy (non-hydrogen) atoms. The van der Waals surface area contributed by atoms with Gasteiger partial charge in [-0.15, -0.1) is 0 Å². The predicted molar refractivity (Wildman–Crippen MR) is 112 cm³/mol. The first-order valence-electron chi connectivity index (χ1n) is 9.12. The number of amides is 1. The van der Waals surface area contributed by atoms with Crippen LogP contribution in [-0.4, -0.2) is 34.3 Å². The number of hydrogen-bond acceptors (Lipinski definition) is 4. The number of ether oxygens (including phenoxy) is 3. The molecule has 0 aliphatic heterocycles. The lowest BCUT2D eigenvalue weighted by Gasteiger charge is -2.20. The molecule has 0 spiro atoms. The Labute approximate surface area is 165 Å². The van der Waals surface area contributed by atoms with Crippen LogP contribution in [0.4, 0.5) is 5.69 Å². The molecule has 5 nitrogen and oxygen atoms in total. The summed E-state index contributed by atoms with van der Waals surface area (Å²) in [5.41, 5.74) is 1.81. The normalized spacial score (nSPS) is 10.6. The SMILES string of the molecule is COc1ccc(CCC(=O)N(C)c2cccc3ccccc23)c(OC)c1OC. The molecule has 0 bridgehead atoms. The maximum Gasteiger partial charge on any atom is 0.227 e. The summed E-state index contributed by atoms with van der Waals surface area (Å²) >= 11 is 0. The van der Waals surface area contributed by atoms with E-state index in [2.05, 4.69) is 0 Å². The first-order valence-corrected chi connectivity index (χ1v) is 9.12. The summed E-state index contributed by atoms with van der Waals surface area (Å²) in [5, 5.41) is 2.17. The van der Waals surface area contributed by atoms with E-state index in [4.69, 9.17) is 14.2 Å². The van der Waals surface area contributed by atoms with Crippen LogP contribution >= 0.6 is 0 Å². The molecule has 1 amide bonds. The van der Waals surface area contributed by atoms with Gasteiger partial charge in [0, 0.05) is 18.9 Å². The second kappa shape index (κ2) is 8.65. The van der Waals surface area contributed by atoms with Gasteiger partial charge < -0.3 is 19.1 Å². The Bertz CT molecular complexity index is 978. The average molecular weight is 379 g/mol. The minimum Gasteiger partial charge on any atom is -0.493 e. The van der Waals surface area contributed by atoms with Crippen LogP contribution in [0, 0.1) is 0 Å². The Hall–Kier alpha value is -3.21. The number of aryl methyl sites for hydroxylation is 1. The van der Waals surface area contributed by atoms with Gasteiger partial charge in [-0.05, 0) is 29.5 Å². The molecular weight excluding hydrogens is 354 g/mol. The summed E-state index contributed by atoms with van der Waals surface area (Å²) in [7, 11) is 6.56. The Morgan fingerprint density at radius 3 is 2.29 bits per heavy atom.